The fraction of sp³-hybridized carbons (Fsp3) is 0.0714. The highest BCUT2D eigenvalue weighted by molar-refractivity contribution is 6.30. The first kappa shape index (κ1) is 12.5. The third kappa shape index (κ3) is 3.02. The quantitative estimate of drug-likeness (QED) is 0.892. The van der Waals surface area contributed by atoms with Gasteiger partial charge in [-0.1, -0.05) is 35.9 Å². The molecule has 3 nitrogen and oxygen atoms in total. The number of aromatic hydroxyl groups is 1. The number of para-hydroxylation sites is 1. The molecular formula is C14H12ClNO2. The van der Waals surface area contributed by atoms with Crippen LogP contribution in [0.4, 0.5) is 0 Å². The van der Waals surface area contributed by atoms with Crippen LogP contribution in [-0.4, -0.2) is 11.0 Å². The first-order valence-corrected chi connectivity index (χ1v) is 5.85. The van der Waals surface area contributed by atoms with Gasteiger partial charge in [-0.25, -0.2) is 0 Å². The van der Waals surface area contributed by atoms with Gasteiger partial charge in [-0.05, 0) is 29.8 Å². The Morgan fingerprint density at radius 3 is 2.44 bits per heavy atom. The summed E-state index contributed by atoms with van der Waals surface area (Å²) in [4.78, 5) is 11.8. The molecule has 4 heteroatoms. The minimum absolute atomic E-state index is 0.0221. The van der Waals surface area contributed by atoms with Gasteiger partial charge in [0.05, 0.1) is 5.56 Å². The van der Waals surface area contributed by atoms with E-state index < -0.39 is 0 Å². The molecule has 1 amide bonds. The lowest BCUT2D eigenvalue weighted by atomic mass is 10.1. The van der Waals surface area contributed by atoms with Crippen molar-refractivity contribution >= 4 is 17.5 Å². The maximum absolute atomic E-state index is 11.8. The molecule has 0 bridgehead atoms. The molecule has 0 aliphatic rings. The van der Waals surface area contributed by atoms with Crippen molar-refractivity contribution in [3.05, 3.63) is 64.7 Å². The molecule has 2 aromatic carbocycles. The normalized spacial score (nSPS) is 10.1. The molecule has 0 heterocycles. The van der Waals surface area contributed by atoms with Crippen molar-refractivity contribution in [3.63, 3.8) is 0 Å². The molecule has 0 aromatic heterocycles. The summed E-state index contributed by atoms with van der Waals surface area (Å²) in [6, 6.07) is 13.7. The zero-order chi connectivity index (χ0) is 13.0. The minimum Gasteiger partial charge on any atom is -0.507 e. The van der Waals surface area contributed by atoms with Crippen molar-refractivity contribution in [1.82, 2.24) is 5.32 Å². The van der Waals surface area contributed by atoms with E-state index in [-0.39, 0.29) is 17.2 Å². The molecule has 0 aliphatic carbocycles. The molecule has 2 N–H and O–H groups in total. The van der Waals surface area contributed by atoms with Crippen LogP contribution < -0.4 is 5.32 Å². The Bertz CT molecular complexity index is 552. The monoisotopic (exact) mass is 261 g/mol. The second-order valence-electron chi connectivity index (χ2n) is 3.83. The number of amides is 1. The van der Waals surface area contributed by atoms with E-state index in [0.717, 1.165) is 5.56 Å². The van der Waals surface area contributed by atoms with Gasteiger partial charge in [-0.15, -0.1) is 0 Å². The fourth-order valence-electron chi connectivity index (χ4n) is 1.55. The van der Waals surface area contributed by atoms with E-state index in [1.165, 1.54) is 6.07 Å². The first-order chi connectivity index (χ1) is 8.66. The number of phenolic OH excluding ortho intramolecular Hbond substituents is 1. The number of halogens is 1. The zero-order valence-corrected chi connectivity index (χ0v) is 10.3. The van der Waals surface area contributed by atoms with Crippen molar-refractivity contribution in [1.29, 1.82) is 0 Å². The molecule has 0 radical (unpaired) electrons. The van der Waals surface area contributed by atoms with Gasteiger partial charge in [0.1, 0.15) is 5.75 Å². The first-order valence-electron chi connectivity index (χ1n) is 5.47. The van der Waals surface area contributed by atoms with Gasteiger partial charge in [0.15, 0.2) is 0 Å². The summed E-state index contributed by atoms with van der Waals surface area (Å²) in [5.41, 5.74) is 1.22. The Morgan fingerprint density at radius 2 is 1.78 bits per heavy atom. The fourth-order valence-corrected chi connectivity index (χ4v) is 1.67. The molecule has 0 saturated heterocycles. The summed E-state index contributed by atoms with van der Waals surface area (Å²) in [5.74, 6) is -0.325. The van der Waals surface area contributed by atoms with E-state index >= 15 is 0 Å². The summed E-state index contributed by atoms with van der Waals surface area (Å²) in [6.07, 6.45) is 0. The number of phenols is 1. The summed E-state index contributed by atoms with van der Waals surface area (Å²) in [5, 5.41) is 12.9. The van der Waals surface area contributed by atoms with Crippen LogP contribution in [-0.2, 0) is 6.54 Å². The van der Waals surface area contributed by atoms with Gasteiger partial charge < -0.3 is 10.4 Å². The van der Waals surface area contributed by atoms with Gasteiger partial charge in [0.25, 0.3) is 5.91 Å². The minimum atomic E-state index is -0.303. The Kier molecular flexibility index (Phi) is 3.85. The molecule has 18 heavy (non-hydrogen) atoms. The average Bonchev–Trinajstić information content (AvgIpc) is 2.38. The van der Waals surface area contributed by atoms with Crippen molar-refractivity contribution in [3.8, 4) is 5.75 Å². The maximum Gasteiger partial charge on any atom is 0.255 e. The summed E-state index contributed by atoms with van der Waals surface area (Å²) in [7, 11) is 0. The van der Waals surface area contributed by atoms with Crippen LogP contribution in [0.5, 0.6) is 5.75 Å². The SMILES string of the molecule is O=C(NCc1ccc(Cl)cc1)c1ccccc1O. The molecule has 2 rings (SSSR count). The van der Waals surface area contributed by atoms with E-state index in [1.807, 2.05) is 12.1 Å². The lowest BCUT2D eigenvalue weighted by Crippen LogP contribution is -2.22. The highest BCUT2D eigenvalue weighted by Gasteiger charge is 2.09. The highest BCUT2D eigenvalue weighted by atomic mass is 35.5. The van der Waals surface area contributed by atoms with Crippen LogP contribution in [0, 0.1) is 0 Å². The molecule has 0 fully saturated rings. The van der Waals surface area contributed by atoms with E-state index in [4.69, 9.17) is 11.6 Å². The second kappa shape index (κ2) is 5.56. The zero-order valence-electron chi connectivity index (χ0n) is 9.56. The number of carbonyl (C=O) groups is 1. The largest absolute Gasteiger partial charge is 0.507 e. The van der Waals surface area contributed by atoms with Crippen LogP contribution >= 0.6 is 11.6 Å². The van der Waals surface area contributed by atoms with Crippen molar-refractivity contribution in [2.75, 3.05) is 0 Å². The van der Waals surface area contributed by atoms with Gasteiger partial charge in [-0.3, -0.25) is 4.79 Å². The number of benzene rings is 2. The smallest absolute Gasteiger partial charge is 0.255 e. The Hall–Kier alpha value is -2.00. The van der Waals surface area contributed by atoms with Crippen LogP contribution in [0.25, 0.3) is 0 Å². The summed E-state index contributed by atoms with van der Waals surface area (Å²) in [6.45, 7) is 0.393. The average molecular weight is 262 g/mol. The number of carbonyl (C=O) groups excluding carboxylic acids is 1. The molecule has 92 valence electrons. The topological polar surface area (TPSA) is 49.3 Å². The van der Waals surface area contributed by atoms with Crippen LogP contribution in [0.1, 0.15) is 15.9 Å². The predicted octanol–water partition coefficient (Wildman–Crippen LogP) is 2.98. The maximum atomic E-state index is 11.8. The molecular weight excluding hydrogens is 250 g/mol. The van der Waals surface area contributed by atoms with Gasteiger partial charge in [-0.2, -0.15) is 0 Å². The van der Waals surface area contributed by atoms with Gasteiger partial charge in [0.2, 0.25) is 0 Å². The molecule has 0 saturated carbocycles. The summed E-state index contributed by atoms with van der Waals surface area (Å²) < 4.78 is 0. The molecule has 0 aliphatic heterocycles. The van der Waals surface area contributed by atoms with Crippen molar-refractivity contribution in [2.45, 2.75) is 6.54 Å². The molecule has 0 spiro atoms. The number of hydrogen-bond donors (Lipinski definition) is 2. The number of nitrogens with one attached hydrogen (secondary N) is 1. The van der Waals surface area contributed by atoms with E-state index in [0.29, 0.717) is 11.6 Å². The van der Waals surface area contributed by atoms with E-state index in [9.17, 15) is 9.90 Å². The summed E-state index contributed by atoms with van der Waals surface area (Å²) >= 11 is 5.77. The molecule has 2 aromatic rings. The Morgan fingerprint density at radius 1 is 1.11 bits per heavy atom. The molecule has 0 unspecified atom stereocenters. The van der Waals surface area contributed by atoms with Crippen LogP contribution in [0.3, 0.4) is 0 Å². The Balaban J connectivity index is 2.01. The Labute approximate surface area is 110 Å². The number of rotatable bonds is 3. The third-order valence-corrected chi connectivity index (χ3v) is 2.77. The van der Waals surface area contributed by atoms with Crippen LogP contribution in [0.15, 0.2) is 48.5 Å². The molecule has 0 atom stereocenters. The third-order valence-electron chi connectivity index (χ3n) is 2.52. The van der Waals surface area contributed by atoms with Crippen molar-refractivity contribution in [2.24, 2.45) is 0 Å². The number of hydrogen-bond acceptors (Lipinski definition) is 2. The lowest BCUT2D eigenvalue weighted by molar-refractivity contribution is 0.0948. The highest BCUT2D eigenvalue weighted by Crippen LogP contribution is 2.15. The van der Waals surface area contributed by atoms with Gasteiger partial charge >= 0.3 is 0 Å². The van der Waals surface area contributed by atoms with Crippen molar-refractivity contribution < 1.29 is 9.90 Å². The van der Waals surface area contributed by atoms with Crippen LogP contribution in [0.2, 0.25) is 5.02 Å². The van der Waals surface area contributed by atoms with Gasteiger partial charge in [0, 0.05) is 11.6 Å². The van der Waals surface area contributed by atoms with E-state index in [1.54, 1.807) is 30.3 Å². The predicted molar refractivity (Wildman–Crippen MR) is 70.7 cm³/mol. The van der Waals surface area contributed by atoms with E-state index in [2.05, 4.69) is 5.32 Å². The second-order valence-corrected chi connectivity index (χ2v) is 4.26. The lowest BCUT2D eigenvalue weighted by Gasteiger charge is -2.06. The standard InChI is InChI=1S/C14H12ClNO2/c15-11-7-5-10(6-8-11)9-16-14(18)12-3-1-2-4-13(12)17/h1-8,17H,9H2,(H,16,18).